The Bertz CT molecular complexity index is 1260. The Morgan fingerprint density at radius 1 is 0.500 bits per heavy atom. The fourth-order valence-electron chi connectivity index (χ4n) is 4.18. The SMILES string of the molecule is CC[SiH]CC.[Br-].[Br-].[Zr+4].c1ccc(-c2cc3ccccc3[cH-]2)cc1.c1ccc(-c2cc3ccccc3[cH-]2)cc1. The largest absolute Gasteiger partial charge is 4.00 e. The fraction of sp³-hybridized carbons (Fsp3) is 0.118. The van der Waals surface area contributed by atoms with Crippen LogP contribution in [0.4, 0.5) is 0 Å². The molecule has 0 bridgehead atoms. The first-order valence-electron chi connectivity index (χ1n) is 12.5. The van der Waals surface area contributed by atoms with E-state index in [2.05, 4.69) is 135 Å². The molecule has 0 aliphatic heterocycles. The zero-order chi connectivity index (χ0) is 24.3. The van der Waals surface area contributed by atoms with Crippen LogP contribution in [0.3, 0.4) is 0 Å². The zero-order valence-electron chi connectivity index (χ0n) is 21.9. The van der Waals surface area contributed by atoms with Crippen molar-refractivity contribution in [2.24, 2.45) is 0 Å². The quantitative estimate of drug-likeness (QED) is 0.193. The molecule has 4 heteroatoms. The zero-order valence-corrected chi connectivity index (χ0v) is 28.7. The molecule has 191 valence electrons. The third-order valence-electron chi connectivity index (χ3n) is 6.03. The molecule has 0 aliphatic carbocycles. The maximum atomic E-state index is 2.25. The van der Waals surface area contributed by atoms with Crippen LogP contribution in [-0.4, -0.2) is 9.52 Å². The van der Waals surface area contributed by atoms with E-state index < -0.39 is 0 Å². The molecule has 0 heterocycles. The predicted molar refractivity (Wildman–Crippen MR) is 158 cm³/mol. The average Bonchev–Trinajstić information content (AvgIpc) is 3.56. The van der Waals surface area contributed by atoms with E-state index in [4.69, 9.17) is 0 Å². The molecule has 0 fully saturated rings. The van der Waals surface area contributed by atoms with Crippen molar-refractivity contribution in [3.63, 3.8) is 0 Å². The average molecular weight is 721 g/mol. The van der Waals surface area contributed by atoms with Crippen molar-refractivity contribution in [2.45, 2.75) is 25.9 Å². The second kappa shape index (κ2) is 18.4. The first-order chi connectivity index (χ1) is 17.3. The number of rotatable bonds is 4. The van der Waals surface area contributed by atoms with Crippen LogP contribution in [0.15, 0.2) is 133 Å². The molecule has 0 amide bonds. The third kappa shape index (κ3) is 9.72. The van der Waals surface area contributed by atoms with Crippen LogP contribution in [0.5, 0.6) is 0 Å². The van der Waals surface area contributed by atoms with E-state index in [-0.39, 0.29) is 60.2 Å². The molecule has 0 aliphatic rings. The summed E-state index contributed by atoms with van der Waals surface area (Å²) < 4.78 is 0. The summed E-state index contributed by atoms with van der Waals surface area (Å²) in [4.78, 5) is 0. The van der Waals surface area contributed by atoms with Crippen molar-refractivity contribution in [1.82, 2.24) is 0 Å². The summed E-state index contributed by atoms with van der Waals surface area (Å²) in [7, 11) is 0.815. The summed E-state index contributed by atoms with van der Waals surface area (Å²) >= 11 is 0. The third-order valence-corrected chi connectivity index (χ3v) is 7.18. The van der Waals surface area contributed by atoms with Crippen LogP contribution in [0, 0.1) is 0 Å². The Kier molecular flexibility index (Phi) is 16.6. The number of hydrogen-bond acceptors (Lipinski definition) is 0. The molecule has 1 radical (unpaired) electrons. The molecule has 0 nitrogen and oxygen atoms in total. The van der Waals surface area contributed by atoms with Crippen molar-refractivity contribution in [3.8, 4) is 22.3 Å². The summed E-state index contributed by atoms with van der Waals surface area (Å²) in [5, 5.41) is 5.26. The van der Waals surface area contributed by atoms with Gasteiger partial charge in [-0.15, -0.1) is 69.1 Å². The molecular weight excluding hydrogens is 687 g/mol. The molecule has 0 saturated carbocycles. The first kappa shape index (κ1) is 34.2. The molecule has 6 aromatic carbocycles. The van der Waals surface area contributed by atoms with Crippen LogP contribution < -0.4 is 34.0 Å². The van der Waals surface area contributed by atoms with E-state index in [9.17, 15) is 0 Å². The molecule has 0 aromatic heterocycles. The van der Waals surface area contributed by atoms with Gasteiger partial charge in [0.05, 0.1) is 0 Å². The first-order valence-corrected chi connectivity index (χ1v) is 14.1. The van der Waals surface area contributed by atoms with E-state index in [1.165, 1.54) is 55.9 Å². The van der Waals surface area contributed by atoms with Crippen molar-refractivity contribution >= 4 is 31.1 Å². The van der Waals surface area contributed by atoms with Gasteiger partial charge in [0.25, 0.3) is 0 Å². The van der Waals surface area contributed by atoms with Gasteiger partial charge in [0.15, 0.2) is 0 Å². The van der Waals surface area contributed by atoms with Gasteiger partial charge in [-0.05, 0) is 0 Å². The van der Waals surface area contributed by atoms with Gasteiger partial charge in [-0.25, -0.2) is 0 Å². The molecule has 0 spiro atoms. The fourth-order valence-corrected chi connectivity index (χ4v) is 4.76. The van der Waals surface area contributed by atoms with Crippen molar-refractivity contribution in [3.05, 3.63) is 133 Å². The Hall–Kier alpha value is -1.84. The minimum absolute atomic E-state index is 0. The number of benzene rings is 4. The summed E-state index contributed by atoms with van der Waals surface area (Å²) in [5.41, 5.74) is 5.18. The van der Waals surface area contributed by atoms with Gasteiger partial charge >= 0.3 is 26.2 Å². The second-order valence-corrected chi connectivity index (χ2v) is 10.8. The predicted octanol–water partition coefficient (Wildman–Crippen LogP) is 3.76. The van der Waals surface area contributed by atoms with Gasteiger partial charge in [0, 0.05) is 9.52 Å². The molecule has 0 atom stereocenters. The second-order valence-electron chi connectivity index (χ2n) is 8.58. The standard InChI is InChI=1S/2C15H11.C4H11Si.2BrH.Zr/c2*1-2-6-12(7-3-1)15-10-13-8-4-5-9-14(13)11-15;1-3-5-4-2;;;/h2*1-11H;5H,3-4H2,1-2H3;2*1H;/q2*-1;;;;+4/p-2. The van der Waals surface area contributed by atoms with Crippen molar-refractivity contribution in [1.29, 1.82) is 0 Å². The molecule has 0 unspecified atom stereocenters. The molecule has 0 N–H and O–H groups in total. The summed E-state index contributed by atoms with van der Waals surface area (Å²) in [6, 6.07) is 49.7. The molecule has 6 rings (SSSR count). The van der Waals surface area contributed by atoms with Crippen LogP contribution >= 0.6 is 0 Å². The smallest absolute Gasteiger partial charge is 1.00 e. The number of hydrogen-bond donors (Lipinski definition) is 0. The van der Waals surface area contributed by atoms with Gasteiger partial charge in [0.2, 0.25) is 0 Å². The minimum Gasteiger partial charge on any atom is -1.00 e. The van der Waals surface area contributed by atoms with E-state index in [0.29, 0.717) is 0 Å². The normalized spacial score (nSPS) is 9.53. The van der Waals surface area contributed by atoms with Gasteiger partial charge in [-0.3, -0.25) is 0 Å². The molecule has 38 heavy (non-hydrogen) atoms. The van der Waals surface area contributed by atoms with Gasteiger partial charge in [0.1, 0.15) is 0 Å². The maximum Gasteiger partial charge on any atom is 4.00 e. The topological polar surface area (TPSA) is 0 Å². The van der Waals surface area contributed by atoms with Crippen LogP contribution in [0.25, 0.3) is 43.8 Å². The Labute approximate surface area is 270 Å². The van der Waals surface area contributed by atoms with Gasteiger partial charge in [-0.2, -0.15) is 0 Å². The van der Waals surface area contributed by atoms with Crippen LogP contribution in [0.1, 0.15) is 13.8 Å². The van der Waals surface area contributed by atoms with Crippen molar-refractivity contribution < 1.29 is 60.2 Å². The monoisotopic (exact) mass is 717 g/mol. The van der Waals surface area contributed by atoms with Gasteiger partial charge in [-0.1, -0.05) is 134 Å². The maximum absolute atomic E-state index is 2.25. The summed E-state index contributed by atoms with van der Waals surface area (Å²) in [5.74, 6) is 0. The Morgan fingerprint density at radius 3 is 1.16 bits per heavy atom. The molecular formula is C34H33Br2SiZr. The number of halogens is 2. The number of fused-ring (bicyclic) bond motifs is 2. The summed E-state index contributed by atoms with van der Waals surface area (Å²) in [6.45, 7) is 4.50. The van der Waals surface area contributed by atoms with Crippen LogP contribution in [0.2, 0.25) is 12.1 Å². The summed E-state index contributed by atoms with van der Waals surface area (Å²) in [6.07, 6.45) is 0. The van der Waals surface area contributed by atoms with E-state index in [1.807, 2.05) is 12.1 Å². The van der Waals surface area contributed by atoms with E-state index >= 15 is 0 Å². The van der Waals surface area contributed by atoms with Crippen molar-refractivity contribution in [2.75, 3.05) is 0 Å². The molecule has 6 aromatic rings. The Balaban J connectivity index is 0.000000304. The Morgan fingerprint density at radius 2 is 0.842 bits per heavy atom. The van der Waals surface area contributed by atoms with Gasteiger partial charge < -0.3 is 34.0 Å². The van der Waals surface area contributed by atoms with Crippen LogP contribution in [-0.2, 0) is 26.2 Å². The minimum atomic E-state index is 0. The molecule has 0 saturated heterocycles. The van der Waals surface area contributed by atoms with E-state index in [0.717, 1.165) is 9.52 Å². The van der Waals surface area contributed by atoms with E-state index in [1.54, 1.807) is 0 Å².